The number of halogens is 3. The first-order valence-corrected chi connectivity index (χ1v) is 8.47. The van der Waals surface area contributed by atoms with Crippen LogP contribution >= 0.6 is 15.9 Å². The minimum absolute atomic E-state index is 0.0933. The lowest BCUT2D eigenvalue weighted by molar-refractivity contribution is -0.0389. The molecule has 128 valence electrons. The van der Waals surface area contributed by atoms with E-state index in [1.165, 1.54) is 0 Å². The minimum atomic E-state index is -2.58. The predicted octanol–water partition coefficient (Wildman–Crippen LogP) is 4.06. The van der Waals surface area contributed by atoms with Crippen molar-refractivity contribution in [3.05, 3.63) is 46.0 Å². The highest BCUT2D eigenvalue weighted by atomic mass is 79.9. The van der Waals surface area contributed by atoms with Gasteiger partial charge in [0.05, 0.1) is 12.1 Å². The quantitative estimate of drug-likeness (QED) is 0.841. The lowest BCUT2D eigenvalue weighted by atomic mass is 9.86. The van der Waals surface area contributed by atoms with Crippen molar-refractivity contribution in [2.45, 2.75) is 44.1 Å². The second-order valence-corrected chi connectivity index (χ2v) is 6.69. The zero-order valence-electron chi connectivity index (χ0n) is 12.8. The molecule has 0 radical (unpaired) electrons. The van der Waals surface area contributed by atoms with Crippen LogP contribution in [0.3, 0.4) is 0 Å². The third-order valence-electron chi connectivity index (χ3n) is 4.08. The van der Waals surface area contributed by atoms with Crippen LogP contribution in [0.25, 0.3) is 0 Å². The van der Waals surface area contributed by atoms with Crippen LogP contribution in [-0.2, 0) is 6.54 Å². The van der Waals surface area contributed by atoms with Gasteiger partial charge in [-0.15, -0.1) is 0 Å². The topological polar surface area (TPSA) is 68.0 Å². The normalized spacial score (nSPS) is 17.6. The molecule has 8 heteroatoms. The second-order valence-electron chi connectivity index (χ2n) is 5.84. The number of hydrogen-bond donors (Lipinski definition) is 1. The van der Waals surface area contributed by atoms with Gasteiger partial charge in [0, 0.05) is 23.2 Å². The van der Waals surface area contributed by atoms with E-state index in [9.17, 15) is 13.6 Å². The number of hydrogen-bond acceptors (Lipinski definition) is 4. The van der Waals surface area contributed by atoms with Crippen molar-refractivity contribution < 1.29 is 18.1 Å². The maximum Gasteiger partial charge on any atom is 0.252 e. The van der Waals surface area contributed by atoms with E-state index in [4.69, 9.17) is 4.52 Å². The number of amides is 1. The molecule has 1 aromatic heterocycles. The van der Waals surface area contributed by atoms with E-state index in [-0.39, 0.29) is 37.1 Å². The molecular weight excluding hydrogens is 384 g/mol. The fourth-order valence-corrected chi connectivity index (χ4v) is 3.17. The molecule has 0 bridgehead atoms. The highest BCUT2D eigenvalue weighted by molar-refractivity contribution is 9.10. The van der Waals surface area contributed by atoms with Crippen molar-refractivity contribution in [1.29, 1.82) is 0 Å². The maximum absolute atomic E-state index is 13.2. The van der Waals surface area contributed by atoms with Gasteiger partial charge >= 0.3 is 0 Å². The van der Waals surface area contributed by atoms with E-state index in [0.717, 1.165) is 0 Å². The molecule has 0 spiro atoms. The van der Waals surface area contributed by atoms with E-state index >= 15 is 0 Å². The molecule has 1 fully saturated rings. The molecule has 0 aliphatic heterocycles. The number of nitrogens with one attached hydrogen (secondary N) is 1. The molecule has 3 rings (SSSR count). The van der Waals surface area contributed by atoms with E-state index < -0.39 is 5.92 Å². The van der Waals surface area contributed by atoms with E-state index in [2.05, 4.69) is 31.4 Å². The maximum atomic E-state index is 13.2. The SMILES string of the molecule is O=C(NCc1nc(C2CCC(F)(F)CC2)no1)c1ccccc1Br. The van der Waals surface area contributed by atoms with Crippen molar-refractivity contribution >= 4 is 21.8 Å². The molecule has 5 nitrogen and oxygen atoms in total. The van der Waals surface area contributed by atoms with Crippen LogP contribution in [0.2, 0.25) is 0 Å². The Morgan fingerprint density at radius 1 is 1.33 bits per heavy atom. The summed E-state index contributed by atoms with van der Waals surface area (Å²) in [6, 6.07) is 7.06. The predicted molar refractivity (Wildman–Crippen MR) is 85.8 cm³/mol. The lowest BCUT2D eigenvalue weighted by Gasteiger charge is -2.26. The Morgan fingerprint density at radius 3 is 2.75 bits per heavy atom. The highest BCUT2D eigenvalue weighted by Gasteiger charge is 2.36. The van der Waals surface area contributed by atoms with E-state index in [0.29, 0.717) is 28.7 Å². The molecule has 1 aliphatic rings. The van der Waals surface area contributed by atoms with Gasteiger partial charge in [-0.05, 0) is 40.9 Å². The van der Waals surface area contributed by atoms with Gasteiger partial charge in [0.1, 0.15) is 0 Å². The summed E-state index contributed by atoms with van der Waals surface area (Å²) < 4.78 is 32.2. The van der Waals surface area contributed by atoms with Crippen LogP contribution in [0.1, 0.15) is 53.7 Å². The minimum Gasteiger partial charge on any atom is -0.343 e. The standard InChI is InChI=1S/C16H16BrF2N3O2/c17-12-4-2-1-3-11(12)15(23)20-9-13-21-14(22-24-13)10-5-7-16(18,19)8-6-10/h1-4,10H,5-9H2,(H,20,23). The van der Waals surface area contributed by atoms with Crippen LogP contribution in [-0.4, -0.2) is 22.0 Å². The highest BCUT2D eigenvalue weighted by Crippen LogP contribution is 2.39. The first-order valence-electron chi connectivity index (χ1n) is 7.68. The Hall–Kier alpha value is -1.83. The van der Waals surface area contributed by atoms with Gasteiger partial charge in [0.25, 0.3) is 5.91 Å². The number of carbonyl (C=O) groups is 1. The second kappa shape index (κ2) is 6.96. The van der Waals surface area contributed by atoms with Gasteiger partial charge in [0.15, 0.2) is 5.82 Å². The molecule has 1 heterocycles. The third kappa shape index (κ3) is 3.98. The Bertz CT molecular complexity index is 726. The van der Waals surface area contributed by atoms with Gasteiger partial charge in [-0.1, -0.05) is 17.3 Å². The van der Waals surface area contributed by atoms with E-state index in [1.807, 2.05) is 6.07 Å². The van der Waals surface area contributed by atoms with Crippen LogP contribution in [0.15, 0.2) is 33.3 Å². The summed E-state index contributed by atoms with van der Waals surface area (Å²) in [4.78, 5) is 16.3. The van der Waals surface area contributed by atoms with Crippen molar-refractivity contribution in [3.8, 4) is 0 Å². The molecule has 1 saturated carbocycles. The van der Waals surface area contributed by atoms with Gasteiger partial charge in [-0.3, -0.25) is 4.79 Å². The number of rotatable bonds is 4. The Kier molecular flexibility index (Phi) is 4.93. The van der Waals surface area contributed by atoms with Crippen molar-refractivity contribution in [1.82, 2.24) is 15.5 Å². The summed E-state index contributed by atoms with van der Waals surface area (Å²) in [5, 5.41) is 6.56. The zero-order chi connectivity index (χ0) is 17.2. The van der Waals surface area contributed by atoms with Crippen LogP contribution in [0.4, 0.5) is 8.78 Å². The first kappa shape index (κ1) is 17.0. The summed E-state index contributed by atoms with van der Waals surface area (Å²) in [6.07, 6.45) is 0.380. The third-order valence-corrected chi connectivity index (χ3v) is 4.78. The average molecular weight is 400 g/mol. The zero-order valence-corrected chi connectivity index (χ0v) is 14.4. The number of nitrogens with zero attached hydrogens (tertiary/aromatic N) is 2. The number of benzene rings is 1. The van der Waals surface area contributed by atoms with Gasteiger partial charge in [-0.25, -0.2) is 8.78 Å². The Labute approximate surface area is 145 Å². The molecule has 1 aromatic carbocycles. The van der Waals surface area contributed by atoms with Crippen LogP contribution in [0, 0.1) is 0 Å². The molecular formula is C16H16BrF2N3O2. The first-order chi connectivity index (χ1) is 11.4. The largest absolute Gasteiger partial charge is 0.343 e. The monoisotopic (exact) mass is 399 g/mol. The Morgan fingerprint density at radius 2 is 2.04 bits per heavy atom. The van der Waals surface area contributed by atoms with E-state index in [1.54, 1.807) is 18.2 Å². The van der Waals surface area contributed by atoms with Gasteiger partial charge in [0.2, 0.25) is 11.8 Å². The summed E-state index contributed by atoms with van der Waals surface area (Å²) in [5.74, 6) is -2.25. The summed E-state index contributed by atoms with van der Waals surface area (Å²) >= 11 is 3.31. The van der Waals surface area contributed by atoms with Crippen molar-refractivity contribution in [3.63, 3.8) is 0 Å². The Balaban J connectivity index is 1.57. The molecule has 24 heavy (non-hydrogen) atoms. The molecule has 0 saturated heterocycles. The van der Waals surface area contributed by atoms with Gasteiger partial charge in [-0.2, -0.15) is 4.98 Å². The van der Waals surface area contributed by atoms with Gasteiger partial charge < -0.3 is 9.84 Å². The molecule has 1 N–H and O–H groups in total. The number of carbonyl (C=O) groups excluding carboxylic acids is 1. The fourth-order valence-electron chi connectivity index (χ4n) is 2.70. The number of alkyl halides is 2. The molecule has 0 unspecified atom stereocenters. The molecule has 1 amide bonds. The molecule has 2 aromatic rings. The van der Waals surface area contributed by atoms with Crippen LogP contribution in [0.5, 0.6) is 0 Å². The fraction of sp³-hybridized carbons (Fsp3) is 0.438. The van der Waals surface area contributed by atoms with Crippen molar-refractivity contribution in [2.75, 3.05) is 0 Å². The van der Waals surface area contributed by atoms with Crippen LogP contribution < -0.4 is 5.32 Å². The molecule has 0 atom stereocenters. The smallest absolute Gasteiger partial charge is 0.252 e. The summed E-state index contributed by atoms with van der Waals surface area (Å²) in [6.45, 7) is 0.0933. The average Bonchev–Trinajstić information content (AvgIpc) is 3.02. The summed E-state index contributed by atoms with van der Waals surface area (Å²) in [7, 11) is 0. The molecule has 1 aliphatic carbocycles. The lowest BCUT2D eigenvalue weighted by Crippen LogP contribution is -2.24. The van der Waals surface area contributed by atoms with Crippen molar-refractivity contribution in [2.24, 2.45) is 0 Å². The summed E-state index contributed by atoms with van der Waals surface area (Å²) in [5.41, 5.74) is 0.506. The number of aromatic nitrogens is 2.